The lowest BCUT2D eigenvalue weighted by Gasteiger charge is -2.29. The van der Waals surface area contributed by atoms with Gasteiger partial charge in [-0.25, -0.2) is 0 Å². The van der Waals surface area contributed by atoms with Gasteiger partial charge in [0, 0.05) is 58.0 Å². The highest BCUT2D eigenvalue weighted by atomic mass is 15.2. The van der Waals surface area contributed by atoms with Crippen LogP contribution in [0.4, 0.5) is 5.69 Å². The van der Waals surface area contributed by atoms with Crippen molar-refractivity contribution in [2.75, 3.05) is 64.3 Å². The molecular formula is C15H26N4. The summed E-state index contributed by atoms with van der Waals surface area (Å²) in [6, 6.07) is 10.6. The summed E-state index contributed by atoms with van der Waals surface area (Å²) in [6.45, 7) is 9.21. The fourth-order valence-corrected chi connectivity index (χ4v) is 2.34. The monoisotopic (exact) mass is 262 g/mol. The lowest BCUT2D eigenvalue weighted by Crippen LogP contribution is -2.43. The zero-order chi connectivity index (χ0) is 13.3. The highest BCUT2D eigenvalue weighted by Gasteiger charge is 2.08. The van der Waals surface area contributed by atoms with Crippen molar-refractivity contribution in [2.45, 2.75) is 0 Å². The van der Waals surface area contributed by atoms with Gasteiger partial charge in [0.1, 0.15) is 0 Å². The smallest absolute Gasteiger partial charge is 0.0367 e. The molecule has 0 bridgehead atoms. The summed E-state index contributed by atoms with van der Waals surface area (Å²) in [5.74, 6) is 0. The number of hydrogen-bond donors (Lipinski definition) is 2. The molecule has 2 N–H and O–H groups in total. The molecule has 0 saturated carbocycles. The van der Waals surface area contributed by atoms with Crippen LogP contribution in [0.3, 0.4) is 0 Å². The molecule has 3 rings (SSSR count). The topological polar surface area (TPSA) is 30.5 Å². The van der Waals surface area contributed by atoms with Crippen LogP contribution >= 0.6 is 0 Å². The minimum Gasteiger partial charge on any atom is -0.369 e. The summed E-state index contributed by atoms with van der Waals surface area (Å²) in [7, 11) is 2.15. The summed E-state index contributed by atoms with van der Waals surface area (Å²) in [5, 5.41) is 6.62. The minimum atomic E-state index is 1.11. The summed E-state index contributed by atoms with van der Waals surface area (Å²) in [5.41, 5.74) is 1.35. The van der Waals surface area contributed by atoms with Gasteiger partial charge in [-0.05, 0) is 19.2 Å². The Hall–Kier alpha value is -1.10. The van der Waals surface area contributed by atoms with E-state index >= 15 is 0 Å². The van der Waals surface area contributed by atoms with Crippen LogP contribution in [0, 0.1) is 0 Å². The van der Waals surface area contributed by atoms with E-state index in [1.165, 1.54) is 18.8 Å². The molecule has 2 saturated heterocycles. The van der Waals surface area contributed by atoms with E-state index < -0.39 is 0 Å². The molecule has 4 heteroatoms. The molecule has 0 unspecified atom stereocenters. The maximum absolute atomic E-state index is 3.34. The van der Waals surface area contributed by atoms with Gasteiger partial charge >= 0.3 is 0 Å². The van der Waals surface area contributed by atoms with Gasteiger partial charge < -0.3 is 20.4 Å². The van der Waals surface area contributed by atoms with E-state index in [2.05, 4.69) is 57.8 Å². The van der Waals surface area contributed by atoms with Gasteiger partial charge in [-0.15, -0.1) is 0 Å². The number of anilines is 1. The first-order valence-corrected chi connectivity index (χ1v) is 7.26. The lowest BCUT2D eigenvalue weighted by molar-refractivity contribution is 0.291. The second kappa shape index (κ2) is 8.15. The zero-order valence-electron chi connectivity index (χ0n) is 11.9. The molecule has 19 heavy (non-hydrogen) atoms. The number of benzene rings is 1. The highest BCUT2D eigenvalue weighted by molar-refractivity contribution is 5.46. The predicted molar refractivity (Wildman–Crippen MR) is 81.9 cm³/mol. The summed E-state index contributed by atoms with van der Waals surface area (Å²) >= 11 is 0. The van der Waals surface area contributed by atoms with Gasteiger partial charge in [0.15, 0.2) is 0 Å². The molecule has 1 aromatic rings. The van der Waals surface area contributed by atoms with Gasteiger partial charge in [0.2, 0.25) is 0 Å². The van der Waals surface area contributed by atoms with Crippen molar-refractivity contribution in [3.05, 3.63) is 30.3 Å². The van der Waals surface area contributed by atoms with Crippen LogP contribution < -0.4 is 15.5 Å². The number of rotatable bonds is 1. The molecule has 106 valence electrons. The Morgan fingerprint density at radius 3 is 1.79 bits per heavy atom. The van der Waals surface area contributed by atoms with Gasteiger partial charge in [-0.3, -0.25) is 0 Å². The first-order valence-electron chi connectivity index (χ1n) is 7.26. The van der Waals surface area contributed by atoms with Crippen molar-refractivity contribution in [3.8, 4) is 0 Å². The Bertz CT molecular complexity index is 329. The average molecular weight is 262 g/mol. The minimum absolute atomic E-state index is 1.11. The Kier molecular flexibility index (Phi) is 6.14. The molecule has 0 amide bonds. The third kappa shape index (κ3) is 5.19. The van der Waals surface area contributed by atoms with Crippen molar-refractivity contribution in [2.24, 2.45) is 0 Å². The van der Waals surface area contributed by atoms with Gasteiger partial charge in [-0.2, -0.15) is 0 Å². The first kappa shape index (κ1) is 14.3. The normalized spacial score (nSPS) is 20.6. The first-order chi connectivity index (χ1) is 9.36. The number of likely N-dealkylation sites (N-methyl/N-ethyl adjacent to an activating group) is 1. The molecule has 0 radical (unpaired) electrons. The second-order valence-corrected chi connectivity index (χ2v) is 5.13. The number of hydrogen-bond acceptors (Lipinski definition) is 4. The zero-order valence-corrected chi connectivity index (χ0v) is 11.9. The molecule has 2 fully saturated rings. The molecule has 0 spiro atoms. The summed E-state index contributed by atoms with van der Waals surface area (Å²) < 4.78 is 0. The Balaban J connectivity index is 0.000000163. The molecule has 2 aliphatic heterocycles. The van der Waals surface area contributed by atoms with Crippen LogP contribution in [0.25, 0.3) is 0 Å². The summed E-state index contributed by atoms with van der Waals surface area (Å²) in [6.07, 6.45) is 0. The Morgan fingerprint density at radius 1 is 0.789 bits per heavy atom. The average Bonchev–Trinajstić information content (AvgIpc) is 2.51. The molecule has 1 aromatic carbocycles. The van der Waals surface area contributed by atoms with Crippen LogP contribution in [0.1, 0.15) is 0 Å². The fraction of sp³-hybridized carbons (Fsp3) is 0.600. The van der Waals surface area contributed by atoms with Crippen LogP contribution in [0.2, 0.25) is 0 Å². The third-order valence-corrected chi connectivity index (χ3v) is 3.58. The van der Waals surface area contributed by atoms with Crippen molar-refractivity contribution in [3.63, 3.8) is 0 Å². The van der Waals surface area contributed by atoms with Crippen molar-refractivity contribution in [1.82, 2.24) is 15.5 Å². The SMILES string of the molecule is CN1CCNCC1.c1ccc(N2CCNCC2)cc1. The molecule has 0 atom stereocenters. The number of piperazine rings is 2. The molecule has 0 aromatic heterocycles. The maximum atomic E-state index is 3.34. The standard InChI is InChI=1S/C10H14N2.C5H12N2/c1-2-4-10(5-3-1)12-8-6-11-7-9-12;1-7-4-2-6-3-5-7/h1-5,11H,6-9H2;6H,2-5H2,1H3. The van der Waals surface area contributed by atoms with Crippen molar-refractivity contribution in [1.29, 1.82) is 0 Å². The van der Waals surface area contributed by atoms with Crippen LogP contribution in [0.15, 0.2) is 30.3 Å². The van der Waals surface area contributed by atoms with E-state index in [0.717, 1.165) is 39.3 Å². The Labute approximate surface area is 116 Å². The quantitative estimate of drug-likeness (QED) is 0.777. The maximum Gasteiger partial charge on any atom is 0.0367 e. The van der Waals surface area contributed by atoms with Crippen molar-refractivity contribution < 1.29 is 0 Å². The number of nitrogens with zero attached hydrogens (tertiary/aromatic N) is 2. The summed E-state index contributed by atoms with van der Waals surface area (Å²) in [4.78, 5) is 4.74. The lowest BCUT2D eigenvalue weighted by atomic mass is 10.2. The van der Waals surface area contributed by atoms with Crippen molar-refractivity contribution >= 4 is 5.69 Å². The van der Waals surface area contributed by atoms with E-state index in [9.17, 15) is 0 Å². The number of nitrogens with one attached hydrogen (secondary N) is 2. The molecule has 4 nitrogen and oxygen atoms in total. The van der Waals surface area contributed by atoms with E-state index in [1.54, 1.807) is 0 Å². The second-order valence-electron chi connectivity index (χ2n) is 5.13. The van der Waals surface area contributed by atoms with Crippen LogP contribution in [0.5, 0.6) is 0 Å². The molecule has 2 aliphatic rings. The van der Waals surface area contributed by atoms with Gasteiger partial charge in [0.05, 0.1) is 0 Å². The van der Waals surface area contributed by atoms with E-state index in [0.29, 0.717) is 0 Å². The Morgan fingerprint density at radius 2 is 1.32 bits per heavy atom. The van der Waals surface area contributed by atoms with Crippen LogP contribution in [-0.4, -0.2) is 64.3 Å². The largest absolute Gasteiger partial charge is 0.369 e. The van der Waals surface area contributed by atoms with E-state index in [1.807, 2.05) is 0 Å². The van der Waals surface area contributed by atoms with E-state index in [4.69, 9.17) is 0 Å². The number of para-hydroxylation sites is 1. The van der Waals surface area contributed by atoms with Gasteiger partial charge in [-0.1, -0.05) is 18.2 Å². The van der Waals surface area contributed by atoms with Crippen LogP contribution in [-0.2, 0) is 0 Å². The predicted octanol–water partition coefficient (Wildman–Crippen LogP) is 0.618. The highest BCUT2D eigenvalue weighted by Crippen LogP contribution is 2.12. The van der Waals surface area contributed by atoms with E-state index in [-0.39, 0.29) is 0 Å². The van der Waals surface area contributed by atoms with Gasteiger partial charge in [0.25, 0.3) is 0 Å². The molecule has 2 heterocycles. The fourth-order valence-electron chi connectivity index (χ4n) is 2.34. The third-order valence-electron chi connectivity index (χ3n) is 3.58. The molecular weight excluding hydrogens is 236 g/mol. The molecule has 0 aliphatic carbocycles.